The third-order valence-corrected chi connectivity index (χ3v) is 6.14. The lowest BCUT2D eigenvalue weighted by Gasteiger charge is -2.23. The molecule has 1 fully saturated rings. The van der Waals surface area contributed by atoms with Gasteiger partial charge in [0.05, 0.1) is 17.4 Å². The van der Waals surface area contributed by atoms with Crippen molar-refractivity contribution in [3.05, 3.63) is 89.6 Å². The van der Waals surface area contributed by atoms with Crippen LogP contribution in [0.15, 0.2) is 66.9 Å². The van der Waals surface area contributed by atoms with Crippen LogP contribution in [-0.4, -0.2) is 39.2 Å². The second-order valence-corrected chi connectivity index (χ2v) is 8.43. The molecule has 34 heavy (non-hydrogen) atoms. The smallest absolute Gasteiger partial charge is 0.335 e. The van der Waals surface area contributed by atoms with Gasteiger partial charge in [0.15, 0.2) is 0 Å². The number of carboxylic acids is 1. The maximum atomic E-state index is 13.6. The molecule has 0 atom stereocenters. The van der Waals surface area contributed by atoms with Gasteiger partial charge in [-0.25, -0.2) is 18.3 Å². The molecule has 0 unspecified atom stereocenters. The first kappa shape index (κ1) is 21.9. The molecule has 0 amide bonds. The summed E-state index contributed by atoms with van der Waals surface area (Å²) in [6, 6.07) is 16.2. The molecular formula is C26H22F2N4O2. The number of hydrogen-bond donors (Lipinski definition) is 2. The zero-order chi connectivity index (χ0) is 23.7. The molecule has 8 heteroatoms. The van der Waals surface area contributed by atoms with Gasteiger partial charge >= 0.3 is 5.97 Å². The van der Waals surface area contributed by atoms with Crippen LogP contribution < -0.4 is 5.32 Å². The van der Waals surface area contributed by atoms with Gasteiger partial charge in [0.2, 0.25) is 0 Å². The van der Waals surface area contributed by atoms with Gasteiger partial charge in [0, 0.05) is 11.6 Å². The van der Waals surface area contributed by atoms with Crippen LogP contribution in [0, 0.1) is 11.6 Å². The molecule has 1 aliphatic rings. The number of piperidine rings is 1. The van der Waals surface area contributed by atoms with Gasteiger partial charge in [-0.15, -0.1) is 5.10 Å². The fourth-order valence-corrected chi connectivity index (χ4v) is 4.36. The van der Waals surface area contributed by atoms with Crippen molar-refractivity contribution >= 4 is 5.97 Å². The predicted octanol–water partition coefficient (Wildman–Crippen LogP) is 5.04. The highest BCUT2D eigenvalue weighted by atomic mass is 19.1. The first-order valence-corrected chi connectivity index (χ1v) is 11.0. The highest BCUT2D eigenvalue weighted by molar-refractivity contribution is 5.90. The van der Waals surface area contributed by atoms with E-state index in [0.29, 0.717) is 11.6 Å². The standard InChI is InChI=1S/C26H22F2N4O2/c27-22-10-20(11-23(28)14-22)25-15-32(31-30-25)24-12-19(9-21(13-24)26(33)34)17-3-1-16(2-4-17)18-5-7-29-8-6-18/h1-4,9-15,18,29H,5-8H2,(H,33,34). The highest BCUT2D eigenvalue weighted by Gasteiger charge is 2.16. The molecule has 1 aliphatic heterocycles. The molecule has 5 rings (SSSR count). The van der Waals surface area contributed by atoms with Crippen LogP contribution in [0.25, 0.3) is 28.1 Å². The van der Waals surface area contributed by atoms with Crippen molar-refractivity contribution in [3.63, 3.8) is 0 Å². The molecule has 0 bridgehead atoms. The molecule has 2 heterocycles. The summed E-state index contributed by atoms with van der Waals surface area (Å²) in [5, 5.41) is 21.1. The van der Waals surface area contributed by atoms with Crippen LogP contribution in [0.2, 0.25) is 0 Å². The maximum absolute atomic E-state index is 13.6. The molecule has 0 saturated carbocycles. The van der Waals surface area contributed by atoms with E-state index in [1.54, 1.807) is 6.07 Å². The molecule has 2 N–H and O–H groups in total. The van der Waals surface area contributed by atoms with E-state index >= 15 is 0 Å². The van der Waals surface area contributed by atoms with E-state index in [9.17, 15) is 18.7 Å². The number of hydrogen-bond acceptors (Lipinski definition) is 4. The highest BCUT2D eigenvalue weighted by Crippen LogP contribution is 2.30. The van der Waals surface area contributed by atoms with Crippen molar-refractivity contribution in [2.75, 3.05) is 13.1 Å². The van der Waals surface area contributed by atoms with E-state index in [4.69, 9.17) is 0 Å². The van der Waals surface area contributed by atoms with E-state index in [-0.39, 0.29) is 16.8 Å². The van der Waals surface area contributed by atoms with E-state index < -0.39 is 17.6 Å². The molecule has 0 spiro atoms. The molecule has 1 aromatic heterocycles. The van der Waals surface area contributed by atoms with E-state index in [2.05, 4.69) is 27.8 Å². The van der Waals surface area contributed by atoms with Crippen LogP contribution >= 0.6 is 0 Å². The number of halogens is 2. The number of aromatic nitrogens is 3. The van der Waals surface area contributed by atoms with Gasteiger partial charge in [0.1, 0.15) is 17.3 Å². The second-order valence-electron chi connectivity index (χ2n) is 8.43. The van der Waals surface area contributed by atoms with Crippen LogP contribution in [0.3, 0.4) is 0 Å². The average Bonchev–Trinajstić information content (AvgIpc) is 3.34. The van der Waals surface area contributed by atoms with E-state index in [1.807, 2.05) is 18.2 Å². The number of benzene rings is 3. The van der Waals surface area contributed by atoms with Crippen LogP contribution in [0.5, 0.6) is 0 Å². The van der Waals surface area contributed by atoms with Crippen LogP contribution in [0.1, 0.15) is 34.7 Å². The zero-order valence-corrected chi connectivity index (χ0v) is 18.2. The quantitative estimate of drug-likeness (QED) is 0.436. The molecule has 0 radical (unpaired) electrons. The Bertz CT molecular complexity index is 1330. The third kappa shape index (κ3) is 4.58. The number of rotatable bonds is 5. The Balaban J connectivity index is 1.49. The average molecular weight is 460 g/mol. The molecular weight excluding hydrogens is 438 g/mol. The van der Waals surface area contributed by atoms with E-state index in [0.717, 1.165) is 43.1 Å². The topological polar surface area (TPSA) is 80.0 Å². The monoisotopic (exact) mass is 460 g/mol. The molecule has 0 aliphatic carbocycles. The van der Waals surface area contributed by atoms with Crippen molar-refractivity contribution < 1.29 is 18.7 Å². The van der Waals surface area contributed by atoms with Crippen molar-refractivity contribution in [2.45, 2.75) is 18.8 Å². The summed E-state index contributed by atoms with van der Waals surface area (Å²) in [5.41, 5.74) is 3.98. The van der Waals surface area contributed by atoms with Gasteiger partial charge in [-0.05, 0) is 78.9 Å². The summed E-state index contributed by atoms with van der Waals surface area (Å²) in [6.07, 6.45) is 3.71. The first-order valence-electron chi connectivity index (χ1n) is 11.0. The predicted molar refractivity (Wildman–Crippen MR) is 124 cm³/mol. The third-order valence-electron chi connectivity index (χ3n) is 6.14. The summed E-state index contributed by atoms with van der Waals surface area (Å²) in [5.74, 6) is -1.97. The molecule has 6 nitrogen and oxygen atoms in total. The minimum Gasteiger partial charge on any atom is -0.478 e. The Kier molecular flexibility index (Phi) is 5.90. The first-order chi connectivity index (χ1) is 16.5. The lowest BCUT2D eigenvalue weighted by molar-refractivity contribution is 0.0697. The summed E-state index contributed by atoms with van der Waals surface area (Å²) in [6.45, 7) is 2.02. The number of carbonyl (C=O) groups is 1. The summed E-state index contributed by atoms with van der Waals surface area (Å²) < 4.78 is 28.6. The summed E-state index contributed by atoms with van der Waals surface area (Å²) in [7, 11) is 0. The van der Waals surface area contributed by atoms with Crippen molar-refractivity contribution in [1.29, 1.82) is 0 Å². The van der Waals surface area contributed by atoms with Crippen molar-refractivity contribution in [1.82, 2.24) is 20.3 Å². The minimum atomic E-state index is -1.07. The molecule has 172 valence electrons. The molecule has 1 saturated heterocycles. The van der Waals surface area contributed by atoms with Crippen LogP contribution in [0.4, 0.5) is 8.78 Å². The largest absolute Gasteiger partial charge is 0.478 e. The normalized spacial score (nSPS) is 14.3. The summed E-state index contributed by atoms with van der Waals surface area (Å²) in [4.78, 5) is 11.8. The van der Waals surface area contributed by atoms with Gasteiger partial charge in [-0.3, -0.25) is 0 Å². The Labute approximate surface area is 194 Å². The van der Waals surface area contributed by atoms with Gasteiger partial charge in [0.25, 0.3) is 0 Å². The Morgan fingerprint density at radius 2 is 1.62 bits per heavy atom. The minimum absolute atomic E-state index is 0.101. The Morgan fingerprint density at radius 3 is 2.29 bits per heavy atom. The van der Waals surface area contributed by atoms with Gasteiger partial charge in [-0.1, -0.05) is 29.5 Å². The Morgan fingerprint density at radius 1 is 0.912 bits per heavy atom. The van der Waals surface area contributed by atoms with E-state index in [1.165, 1.54) is 34.6 Å². The fraction of sp³-hybridized carbons (Fsp3) is 0.192. The molecule has 4 aromatic rings. The van der Waals surface area contributed by atoms with Gasteiger partial charge in [-0.2, -0.15) is 0 Å². The number of carboxylic acid groups (broad SMARTS) is 1. The van der Waals surface area contributed by atoms with Gasteiger partial charge < -0.3 is 10.4 Å². The molecule has 3 aromatic carbocycles. The number of nitrogens with zero attached hydrogens (tertiary/aromatic N) is 3. The fourth-order valence-electron chi connectivity index (χ4n) is 4.36. The second kappa shape index (κ2) is 9.15. The summed E-state index contributed by atoms with van der Waals surface area (Å²) >= 11 is 0. The lowest BCUT2D eigenvalue weighted by atomic mass is 9.89. The Hall–Kier alpha value is -3.91. The lowest BCUT2D eigenvalue weighted by Crippen LogP contribution is -2.26. The van der Waals surface area contributed by atoms with Crippen LogP contribution in [-0.2, 0) is 0 Å². The number of aromatic carboxylic acids is 1. The SMILES string of the molecule is O=C(O)c1cc(-c2ccc(C3CCNCC3)cc2)cc(-n2cc(-c3cc(F)cc(F)c3)nn2)c1. The number of nitrogens with one attached hydrogen (secondary N) is 1. The van der Waals surface area contributed by atoms with Crippen molar-refractivity contribution in [2.24, 2.45) is 0 Å². The zero-order valence-electron chi connectivity index (χ0n) is 18.2. The maximum Gasteiger partial charge on any atom is 0.335 e. The van der Waals surface area contributed by atoms with Crippen molar-refractivity contribution in [3.8, 4) is 28.1 Å².